The molecule has 0 fully saturated rings. The maximum atomic E-state index is 12.9. The predicted octanol–water partition coefficient (Wildman–Crippen LogP) is 3.75. The van der Waals surface area contributed by atoms with Gasteiger partial charge in [0, 0.05) is 35.6 Å². The number of halogens is 3. The average Bonchev–Trinajstić information content (AvgIpc) is 3.30. The Balaban J connectivity index is 1.64. The first-order valence-electron chi connectivity index (χ1n) is 8.38. The number of rotatable bonds is 4. The molecular formula is C18H13F3N6OS. The molecule has 4 heterocycles. The average molecular weight is 418 g/mol. The summed E-state index contributed by atoms with van der Waals surface area (Å²) in [5.41, 5.74) is 3.41. The summed E-state index contributed by atoms with van der Waals surface area (Å²) in [4.78, 5) is 29.4. The van der Waals surface area contributed by atoms with Crippen molar-refractivity contribution in [3.8, 4) is 10.8 Å². The van der Waals surface area contributed by atoms with Crippen molar-refractivity contribution in [2.45, 2.75) is 19.5 Å². The Bertz CT molecular complexity index is 1190. The van der Waals surface area contributed by atoms with Crippen LogP contribution in [0.5, 0.6) is 0 Å². The van der Waals surface area contributed by atoms with Gasteiger partial charge in [0.15, 0.2) is 16.5 Å². The molecule has 4 rings (SSSR count). The van der Waals surface area contributed by atoms with Crippen molar-refractivity contribution in [1.29, 1.82) is 0 Å². The van der Waals surface area contributed by atoms with Crippen LogP contribution in [0.25, 0.3) is 21.9 Å². The van der Waals surface area contributed by atoms with Crippen LogP contribution in [0.1, 0.15) is 21.6 Å². The van der Waals surface area contributed by atoms with E-state index < -0.39 is 18.5 Å². The van der Waals surface area contributed by atoms with E-state index in [-0.39, 0.29) is 16.8 Å². The molecular weight excluding hydrogens is 405 g/mol. The molecule has 0 radical (unpaired) electrons. The van der Waals surface area contributed by atoms with E-state index in [0.29, 0.717) is 21.9 Å². The van der Waals surface area contributed by atoms with E-state index in [4.69, 9.17) is 0 Å². The number of aryl methyl sites for hydroxylation is 1. The first kappa shape index (κ1) is 19.0. The molecule has 0 spiro atoms. The first-order chi connectivity index (χ1) is 13.8. The number of nitrogens with one attached hydrogen (secondary N) is 1. The van der Waals surface area contributed by atoms with Crippen molar-refractivity contribution in [3.63, 3.8) is 0 Å². The fourth-order valence-corrected chi connectivity index (χ4v) is 3.44. The molecule has 148 valence electrons. The predicted molar refractivity (Wildman–Crippen MR) is 101 cm³/mol. The van der Waals surface area contributed by atoms with Gasteiger partial charge in [-0.05, 0) is 24.6 Å². The summed E-state index contributed by atoms with van der Waals surface area (Å²) < 4.78 is 39.8. The van der Waals surface area contributed by atoms with Crippen LogP contribution < -0.4 is 5.43 Å². The molecule has 11 heteroatoms. The van der Waals surface area contributed by atoms with Gasteiger partial charge in [-0.25, -0.2) is 24.6 Å². The fraction of sp³-hybridized carbons (Fsp3) is 0.167. The van der Waals surface area contributed by atoms with Gasteiger partial charge in [-0.3, -0.25) is 10.2 Å². The molecule has 29 heavy (non-hydrogen) atoms. The van der Waals surface area contributed by atoms with Crippen molar-refractivity contribution < 1.29 is 18.0 Å². The van der Waals surface area contributed by atoms with Gasteiger partial charge in [0.2, 0.25) is 0 Å². The molecule has 0 aliphatic carbocycles. The zero-order valence-corrected chi connectivity index (χ0v) is 15.8. The number of nitrogens with zero attached hydrogens (tertiary/aromatic N) is 5. The largest absolute Gasteiger partial charge is 0.393 e. The van der Waals surface area contributed by atoms with E-state index in [1.54, 1.807) is 24.6 Å². The third-order valence-electron chi connectivity index (χ3n) is 4.11. The van der Waals surface area contributed by atoms with Crippen molar-refractivity contribution >= 4 is 28.3 Å². The monoisotopic (exact) mass is 418 g/mol. The topological polar surface area (TPSA) is 85.6 Å². The fourth-order valence-electron chi connectivity index (χ4n) is 2.86. The summed E-state index contributed by atoms with van der Waals surface area (Å²) >= 11 is 1.37. The standard InChI is InChI=1S/C18H13F3N6OS/c1-10-13(8-24-14(25-10)17-23-5-6-29-17)16(28)26-27-9-11(7-18(19,20)21)12-3-2-4-22-15(12)27/h2-6,8-9H,7H2,1H3,(H,26,28). The van der Waals surface area contributed by atoms with Crippen LogP contribution in [0.2, 0.25) is 0 Å². The molecule has 4 aromatic rings. The Hall–Kier alpha value is -3.34. The summed E-state index contributed by atoms with van der Waals surface area (Å²) in [6.07, 6.45) is 0.159. The summed E-state index contributed by atoms with van der Waals surface area (Å²) in [5.74, 6) is -0.163. The molecule has 0 aliphatic heterocycles. The summed E-state index contributed by atoms with van der Waals surface area (Å²) in [7, 11) is 0. The molecule has 7 nitrogen and oxygen atoms in total. The van der Waals surface area contributed by atoms with Crippen LogP contribution >= 0.6 is 11.3 Å². The number of hydrogen-bond donors (Lipinski definition) is 1. The van der Waals surface area contributed by atoms with Gasteiger partial charge in [0.1, 0.15) is 0 Å². The highest BCUT2D eigenvalue weighted by molar-refractivity contribution is 7.12. The van der Waals surface area contributed by atoms with E-state index in [0.717, 1.165) is 0 Å². The second-order valence-corrected chi connectivity index (χ2v) is 7.06. The molecule has 1 amide bonds. The van der Waals surface area contributed by atoms with Crippen LogP contribution in [-0.4, -0.2) is 36.7 Å². The zero-order valence-electron chi connectivity index (χ0n) is 14.9. The minimum Gasteiger partial charge on any atom is -0.267 e. The van der Waals surface area contributed by atoms with Crippen LogP contribution in [0.15, 0.2) is 42.3 Å². The van der Waals surface area contributed by atoms with Crippen LogP contribution in [0.4, 0.5) is 13.2 Å². The summed E-state index contributed by atoms with van der Waals surface area (Å²) in [6.45, 7) is 1.65. The Morgan fingerprint density at radius 1 is 1.24 bits per heavy atom. The number of pyridine rings is 1. The van der Waals surface area contributed by atoms with Gasteiger partial charge in [0.25, 0.3) is 5.91 Å². The van der Waals surface area contributed by atoms with Crippen LogP contribution in [0.3, 0.4) is 0 Å². The van der Waals surface area contributed by atoms with Crippen molar-refractivity contribution in [1.82, 2.24) is 24.6 Å². The first-order valence-corrected chi connectivity index (χ1v) is 9.26. The quantitative estimate of drug-likeness (QED) is 0.546. The van der Waals surface area contributed by atoms with Crippen LogP contribution in [-0.2, 0) is 6.42 Å². The Labute approximate surface area is 166 Å². The number of hydrogen-bond acceptors (Lipinski definition) is 6. The lowest BCUT2D eigenvalue weighted by atomic mass is 10.1. The van der Waals surface area contributed by atoms with Crippen molar-refractivity contribution in [2.75, 3.05) is 5.43 Å². The minimum absolute atomic E-state index is 0.0213. The Kier molecular flexibility index (Phi) is 4.74. The second-order valence-electron chi connectivity index (χ2n) is 6.16. The second kappa shape index (κ2) is 7.24. The number of fused-ring (bicyclic) bond motifs is 1. The maximum Gasteiger partial charge on any atom is 0.393 e. The van der Waals surface area contributed by atoms with E-state index in [1.165, 1.54) is 40.7 Å². The lowest BCUT2D eigenvalue weighted by molar-refractivity contribution is -0.127. The Morgan fingerprint density at radius 3 is 2.76 bits per heavy atom. The van der Waals surface area contributed by atoms with Gasteiger partial charge < -0.3 is 0 Å². The molecule has 0 aromatic carbocycles. The molecule has 4 aromatic heterocycles. The lowest BCUT2D eigenvalue weighted by Crippen LogP contribution is -2.24. The number of thiazole rings is 1. The molecule has 0 unspecified atom stereocenters. The van der Waals surface area contributed by atoms with Gasteiger partial charge in [-0.15, -0.1) is 11.3 Å². The van der Waals surface area contributed by atoms with Gasteiger partial charge in [-0.1, -0.05) is 0 Å². The third-order valence-corrected chi connectivity index (χ3v) is 4.88. The summed E-state index contributed by atoms with van der Waals surface area (Å²) in [5, 5.41) is 2.73. The molecule has 0 bridgehead atoms. The van der Waals surface area contributed by atoms with E-state index >= 15 is 0 Å². The minimum atomic E-state index is -4.38. The van der Waals surface area contributed by atoms with Crippen LogP contribution in [0, 0.1) is 6.92 Å². The van der Waals surface area contributed by atoms with Crippen molar-refractivity contribution in [2.24, 2.45) is 0 Å². The van der Waals surface area contributed by atoms with E-state index in [2.05, 4.69) is 25.4 Å². The number of aromatic nitrogens is 5. The maximum absolute atomic E-state index is 12.9. The molecule has 0 aliphatic rings. The third kappa shape index (κ3) is 3.94. The molecule has 0 saturated heterocycles. The van der Waals surface area contributed by atoms with Gasteiger partial charge in [-0.2, -0.15) is 13.2 Å². The highest BCUT2D eigenvalue weighted by Crippen LogP contribution is 2.27. The number of carbonyl (C=O) groups is 1. The van der Waals surface area contributed by atoms with E-state index in [9.17, 15) is 18.0 Å². The summed E-state index contributed by atoms with van der Waals surface area (Å²) in [6, 6.07) is 3.08. The van der Waals surface area contributed by atoms with E-state index in [1.807, 2.05) is 0 Å². The highest BCUT2D eigenvalue weighted by atomic mass is 32.1. The lowest BCUT2D eigenvalue weighted by Gasteiger charge is -2.09. The Morgan fingerprint density at radius 2 is 2.07 bits per heavy atom. The number of carbonyl (C=O) groups excluding carboxylic acids is 1. The molecule has 1 N–H and O–H groups in total. The molecule has 0 saturated carbocycles. The van der Waals surface area contributed by atoms with Crippen molar-refractivity contribution in [3.05, 3.63) is 59.1 Å². The molecule has 0 atom stereocenters. The van der Waals surface area contributed by atoms with Gasteiger partial charge >= 0.3 is 6.18 Å². The zero-order chi connectivity index (χ0) is 20.6. The van der Waals surface area contributed by atoms with Gasteiger partial charge in [0.05, 0.1) is 17.7 Å². The smallest absolute Gasteiger partial charge is 0.267 e. The SMILES string of the molecule is Cc1nc(-c2nccs2)ncc1C(=O)Nn1cc(CC(F)(F)F)c2cccnc21. The number of alkyl halides is 3. The number of amides is 1. The highest BCUT2D eigenvalue weighted by Gasteiger charge is 2.30. The normalized spacial score (nSPS) is 11.7.